The molecular weight excluding hydrogens is 372 g/mol. The van der Waals surface area contributed by atoms with Crippen molar-refractivity contribution in [1.82, 2.24) is 10.2 Å². The second-order valence-electron chi connectivity index (χ2n) is 7.43. The second-order valence-corrected chi connectivity index (χ2v) is 7.43. The fraction of sp³-hybridized carbons (Fsp3) is 0.286. The van der Waals surface area contributed by atoms with E-state index in [0.717, 1.165) is 0 Å². The lowest BCUT2D eigenvalue weighted by molar-refractivity contribution is -0.138. The van der Waals surface area contributed by atoms with Crippen LogP contribution in [0.1, 0.15) is 39.9 Å². The Morgan fingerprint density at radius 1 is 1.21 bits per heavy atom. The van der Waals surface area contributed by atoms with Crippen LogP contribution in [0.15, 0.2) is 36.4 Å². The molecule has 146 valence electrons. The predicted octanol–water partition coefficient (Wildman–Crippen LogP) is 2.00. The Kier molecular flexibility index (Phi) is 4.64. The number of anilines is 1. The standard InChI is InChI=1S/C21H19BFN3O3/c1-12-4-2-5-13(18(12)23)10-24-16-7-3-6-14-15(16)11-26(19(14)28)21(22)9-8-17(27)25-20(21)29/h2-7,24H,8-11H2,1H3,(H,25,27,29). The molecular formula is C21H19BFN3O3. The summed E-state index contributed by atoms with van der Waals surface area (Å²) in [5.41, 5.74) is 1.31. The van der Waals surface area contributed by atoms with E-state index in [-0.39, 0.29) is 37.7 Å². The van der Waals surface area contributed by atoms with Crippen LogP contribution in [0, 0.1) is 12.7 Å². The number of nitrogens with one attached hydrogen (secondary N) is 2. The molecule has 1 unspecified atom stereocenters. The van der Waals surface area contributed by atoms with E-state index in [1.165, 1.54) is 4.90 Å². The van der Waals surface area contributed by atoms with Gasteiger partial charge in [-0.3, -0.25) is 19.7 Å². The fourth-order valence-corrected chi connectivity index (χ4v) is 3.83. The summed E-state index contributed by atoms with van der Waals surface area (Å²) in [6, 6.07) is 10.4. The van der Waals surface area contributed by atoms with E-state index >= 15 is 0 Å². The number of hydrogen-bond acceptors (Lipinski definition) is 4. The van der Waals surface area contributed by atoms with Crippen molar-refractivity contribution in [3.8, 4) is 0 Å². The van der Waals surface area contributed by atoms with Gasteiger partial charge in [-0.1, -0.05) is 24.3 Å². The van der Waals surface area contributed by atoms with Gasteiger partial charge in [0.15, 0.2) is 0 Å². The molecule has 1 fully saturated rings. The maximum Gasteiger partial charge on any atom is 0.254 e. The number of amides is 3. The molecule has 2 heterocycles. The van der Waals surface area contributed by atoms with Crippen molar-refractivity contribution in [2.24, 2.45) is 0 Å². The first kappa shape index (κ1) is 19.2. The van der Waals surface area contributed by atoms with E-state index in [1.807, 2.05) is 0 Å². The zero-order valence-electron chi connectivity index (χ0n) is 15.9. The number of hydrogen-bond donors (Lipinski definition) is 2. The average Bonchev–Trinajstić information content (AvgIpc) is 3.04. The molecule has 0 saturated carbocycles. The third-order valence-corrected chi connectivity index (χ3v) is 5.57. The SMILES string of the molecule is [B]C1(N2Cc3c(NCc4cccc(C)c4F)cccc3C2=O)CCC(=O)NC1=O. The van der Waals surface area contributed by atoms with Crippen molar-refractivity contribution < 1.29 is 18.8 Å². The monoisotopic (exact) mass is 391 g/mol. The van der Waals surface area contributed by atoms with Gasteiger partial charge in [0.25, 0.3) is 5.91 Å². The number of carbonyl (C=O) groups excluding carboxylic acids is 3. The lowest BCUT2D eigenvalue weighted by atomic mass is 9.70. The van der Waals surface area contributed by atoms with Crippen molar-refractivity contribution in [2.75, 3.05) is 5.32 Å². The Balaban J connectivity index is 1.59. The molecule has 3 amide bonds. The second kappa shape index (κ2) is 7.02. The van der Waals surface area contributed by atoms with Crippen LogP contribution in [0.3, 0.4) is 0 Å². The van der Waals surface area contributed by atoms with E-state index in [9.17, 15) is 18.8 Å². The molecule has 1 atom stereocenters. The molecule has 8 heteroatoms. The molecule has 0 spiro atoms. The molecule has 6 nitrogen and oxygen atoms in total. The van der Waals surface area contributed by atoms with Crippen LogP contribution in [-0.4, -0.2) is 35.9 Å². The summed E-state index contributed by atoms with van der Waals surface area (Å²) in [5.74, 6) is -1.71. The molecule has 2 radical (unpaired) electrons. The van der Waals surface area contributed by atoms with Gasteiger partial charge in [0.2, 0.25) is 11.8 Å². The third kappa shape index (κ3) is 3.18. The summed E-state index contributed by atoms with van der Waals surface area (Å²) in [4.78, 5) is 38.1. The van der Waals surface area contributed by atoms with Crippen molar-refractivity contribution in [1.29, 1.82) is 0 Å². The van der Waals surface area contributed by atoms with E-state index in [2.05, 4.69) is 10.6 Å². The van der Waals surface area contributed by atoms with Crippen molar-refractivity contribution in [3.05, 3.63) is 64.5 Å². The molecule has 4 rings (SSSR count). The summed E-state index contributed by atoms with van der Waals surface area (Å²) in [7, 11) is 6.26. The van der Waals surface area contributed by atoms with Crippen LogP contribution in [-0.2, 0) is 22.7 Å². The lowest BCUT2D eigenvalue weighted by Gasteiger charge is -2.40. The lowest BCUT2D eigenvalue weighted by Crippen LogP contribution is -2.63. The maximum atomic E-state index is 14.3. The maximum absolute atomic E-state index is 14.3. The highest BCUT2D eigenvalue weighted by atomic mass is 19.1. The minimum atomic E-state index is -1.58. The first-order valence-corrected chi connectivity index (χ1v) is 9.36. The van der Waals surface area contributed by atoms with Gasteiger partial charge in [-0.25, -0.2) is 4.39 Å². The predicted molar refractivity (Wildman–Crippen MR) is 106 cm³/mol. The van der Waals surface area contributed by atoms with Crippen LogP contribution in [0.2, 0.25) is 0 Å². The number of piperidine rings is 1. The van der Waals surface area contributed by atoms with Gasteiger partial charge in [0.1, 0.15) is 13.7 Å². The van der Waals surface area contributed by atoms with E-state index in [1.54, 1.807) is 43.3 Å². The van der Waals surface area contributed by atoms with Crippen molar-refractivity contribution in [3.63, 3.8) is 0 Å². The van der Waals surface area contributed by atoms with Gasteiger partial charge in [-0.15, -0.1) is 0 Å². The quantitative estimate of drug-likeness (QED) is 0.618. The molecule has 2 aliphatic heterocycles. The minimum Gasteiger partial charge on any atom is -0.381 e. The number of halogens is 1. The Morgan fingerprint density at radius 3 is 2.72 bits per heavy atom. The smallest absolute Gasteiger partial charge is 0.254 e. The zero-order valence-corrected chi connectivity index (χ0v) is 15.9. The molecule has 1 saturated heterocycles. The Labute approximate surface area is 168 Å². The van der Waals surface area contributed by atoms with Crippen LogP contribution >= 0.6 is 0 Å². The average molecular weight is 391 g/mol. The number of rotatable bonds is 4. The minimum absolute atomic E-state index is 0.0641. The fourth-order valence-electron chi connectivity index (χ4n) is 3.83. The van der Waals surface area contributed by atoms with E-state index in [4.69, 9.17) is 7.85 Å². The van der Waals surface area contributed by atoms with Gasteiger partial charge < -0.3 is 10.2 Å². The summed E-state index contributed by atoms with van der Waals surface area (Å²) in [6.07, 6.45) is 0.134. The molecule has 29 heavy (non-hydrogen) atoms. The van der Waals surface area contributed by atoms with Gasteiger partial charge in [0.05, 0.1) is 5.44 Å². The van der Waals surface area contributed by atoms with Crippen LogP contribution in [0.4, 0.5) is 10.1 Å². The highest BCUT2D eigenvalue weighted by Gasteiger charge is 2.48. The topological polar surface area (TPSA) is 78.5 Å². The molecule has 2 aromatic rings. The van der Waals surface area contributed by atoms with E-state index < -0.39 is 17.3 Å². The normalized spacial score (nSPS) is 21.2. The van der Waals surface area contributed by atoms with E-state index in [0.29, 0.717) is 27.9 Å². The Morgan fingerprint density at radius 2 is 1.97 bits per heavy atom. The number of imide groups is 1. The highest BCUT2D eigenvalue weighted by molar-refractivity contribution is 6.32. The third-order valence-electron chi connectivity index (χ3n) is 5.57. The van der Waals surface area contributed by atoms with Crippen molar-refractivity contribution in [2.45, 2.75) is 38.3 Å². The Bertz CT molecular complexity index is 1040. The van der Waals surface area contributed by atoms with Gasteiger partial charge >= 0.3 is 0 Å². The molecule has 2 aliphatic rings. The number of nitrogens with zero attached hydrogens (tertiary/aromatic N) is 1. The summed E-state index contributed by atoms with van der Waals surface area (Å²) in [6.45, 7) is 2.09. The van der Waals surface area contributed by atoms with Crippen molar-refractivity contribution >= 4 is 31.3 Å². The first-order valence-electron chi connectivity index (χ1n) is 9.36. The summed E-state index contributed by atoms with van der Waals surface area (Å²) < 4.78 is 14.3. The summed E-state index contributed by atoms with van der Waals surface area (Å²) in [5, 5.41) is 5.40. The molecule has 2 aromatic carbocycles. The molecule has 0 aromatic heterocycles. The molecule has 0 aliphatic carbocycles. The van der Waals surface area contributed by atoms with Gasteiger partial charge in [-0.2, -0.15) is 0 Å². The largest absolute Gasteiger partial charge is 0.381 e. The number of aryl methyl sites for hydroxylation is 1. The number of carbonyl (C=O) groups is 3. The van der Waals surface area contributed by atoms with Gasteiger partial charge in [-0.05, 0) is 31.0 Å². The van der Waals surface area contributed by atoms with Gasteiger partial charge in [0, 0.05) is 41.9 Å². The molecule has 2 N–H and O–H groups in total. The Hall–Kier alpha value is -3.16. The van der Waals surface area contributed by atoms with Crippen LogP contribution < -0.4 is 10.6 Å². The van der Waals surface area contributed by atoms with Crippen LogP contribution in [0.25, 0.3) is 0 Å². The number of fused-ring (bicyclic) bond motifs is 1. The first-order chi connectivity index (χ1) is 13.8. The zero-order chi connectivity index (χ0) is 20.8. The molecule has 0 bridgehead atoms. The summed E-state index contributed by atoms with van der Waals surface area (Å²) >= 11 is 0. The highest BCUT2D eigenvalue weighted by Crippen LogP contribution is 2.36. The number of benzene rings is 2. The van der Waals surface area contributed by atoms with Crippen LogP contribution in [0.5, 0.6) is 0 Å².